The van der Waals surface area contributed by atoms with Crippen molar-refractivity contribution >= 4 is 23.4 Å². The second-order valence-corrected chi connectivity index (χ2v) is 6.65. The van der Waals surface area contributed by atoms with Crippen molar-refractivity contribution in [3.63, 3.8) is 0 Å². The van der Waals surface area contributed by atoms with E-state index in [-0.39, 0.29) is 23.0 Å². The van der Waals surface area contributed by atoms with Gasteiger partial charge in [0.1, 0.15) is 5.82 Å². The van der Waals surface area contributed by atoms with E-state index in [1.807, 2.05) is 18.2 Å². The lowest BCUT2D eigenvalue weighted by molar-refractivity contribution is -0.113. The van der Waals surface area contributed by atoms with E-state index in [0.29, 0.717) is 17.1 Å². The van der Waals surface area contributed by atoms with Crippen molar-refractivity contribution in [3.05, 3.63) is 94.7 Å². The fraction of sp³-hybridized carbons (Fsp3) is 0.100. The third-order valence-corrected chi connectivity index (χ3v) is 4.73. The monoisotopic (exact) mass is 368 g/mol. The molecule has 1 amide bonds. The number of anilines is 1. The van der Waals surface area contributed by atoms with Crippen LogP contribution in [0.3, 0.4) is 0 Å². The van der Waals surface area contributed by atoms with Crippen LogP contribution in [0.2, 0.25) is 0 Å². The summed E-state index contributed by atoms with van der Waals surface area (Å²) in [6.07, 6.45) is 1.73. The first-order chi connectivity index (χ1) is 12.6. The molecule has 0 saturated carbocycles. The molecular formula is C20H17FN2O2S. The number of rotatable bonds is 6. The fourth-order valence-electron chi connectivity index (χ4n) is 2.38. The summed E-state index contributed by atoms with van der Waals surface area (Å²) in [5.41, 5.74) is 1.56. The number of nitrogens with zero attached hydrogens (tertiary/aromatic N) is 1. The highest BCUT2D eigenvalue weighted by Gasteiger charge is 2.07. The molecule has 26 heavy (non-hydrogen) atoms. The first-order valence-corrected chi connectivity index (χ1v) is 9.02. The van der Waals surface area contributed by atoms with Gasteiger partial charge in [-0.05, 0) is 35.9 Å². The number of thioether (sulfide) groups is 1. The Balaban J connectivity index is 1.55. The molecule has 3 aromatic rings. The number of carbonyl (C=O) groups is 1. The molecule has 132 valence electrons. The van der Waals surface area contributed by atoms with Crippen molar-refractivity contribution in [2.24, 2.45) is 0 Å². The molecule has 1 aromatic heterocycles. The van der Waals surface area contributed by atoms with Crippen LogP contribution in [0.4, 0.5) is 10.1 Å². The third kappa shape index (κ3) is 4.83. The molecule has 0 bridgehead atoms. The fourth-order valence-corrected chi connectivity index (χ4v) is 3.12. The number of aromatic nitrogens is 1. The summed E-state index contributed by atoms with van der Waals surface area (Å²) >= 11 is 1.16. The minimum absolute atomic E-state index is 0.0601. The highest BCUT2D eigenvalue weighted by atomic mass is 32.2. The van der Waals surface area contributed by atoms with Gasteiger partial charge in [0.2, 0.25) is 5.91 Å². The van der Waals surface area contributed by atoms with Gasteiger partial charge in [-0.1, -0.05) is 30.3 Å². The van der Waals surface area contributed by atoms with E-state index in [1.54, 1.807) is 47.2 Å². The van der Waals surface area contributed by atoms with Crippen LogP contribution in [0.25, 0.3) is 0 Å². The number of carbonyl (C=O) groups excluding carboxylic acids is 1. The van der Waals surface area contributed by atoms with Crippen molar-refractivity contribution in [1.82, 2.24) is 4.57 Å². The van der Waals surface area contributed by atoms with Gasteiger partial charge in [0.05, 0.1) is 12.3 Å². The molecule has 0 saturated heterocycles. The van der Waals surface area contributed by atoms with Crippen LogP contribution < -0.4 is 10.9 Å². The van der Waals surface area contributed by atoms with Crippen molar-refractivity contribution in [3.8, 4) is 0 Å². The Bertz CT molecular complexity index is 954. The zero-order valence-corrected chi connectivity index (χ0v) is 14.7. The molecule has 0 atom stereocenters. The quantitative estimate of drug-likeness (QED) is 0.674. The number of halogens is 1. The smallest absolute Gasteiger partial charge is 0.250 e. The molecule has 4 nitrogen and oxygen atoms in total. The predicted molar refractivity (Wildman–Crippen MR) is 102 cm³/mol. The summed E-state index contributed by atoms with van der Waals surface area (Å²) in [6.45, 7) is 0.469. The number of nitrogens with one attached hydrogen (secondary N) is 1. The molecule has 1 heterocycles. The van der Waals surface area contributed by atoms with Gasteiger partial charge < -0.3 is 9.88 Å². The normalized spacial score (nSPS) is 10.5. The van der Waals surface area contributed by atoms with E-state index in [0.717, 1.165) is 17.3 Å². The van der Waals surface area contributed by atoms with Crippen LogP contribution in [-0.4, -0.2) is 16.2 Å². The van der Waals surface area contributed by atoms with E-state index in [9.17, 15) is 14.0 Å². The van der Waals surface area contributed by atoms with Crippen molar-refractivity contribution < 1.29 is 9.18 Å². The molecule has 6 heteroatoms. The Hall–Kier alpha value is -2.86. The highest BCUT2D eigenvalue weighted by Crippen LogP contribution is 2.21. The number of hydrogen-bond donors (Lipinski definition) is 1. The molecule has 0 aliphatic carbocycles. The minimum atomic E-state index is -0.328. The third-order valence-electron chi connectivity index (χ3n) is 3.69. The second-order valence-electron chi connectivity index (χ2n) is 5.63. The number of hydrogen-bond acceptors (Lipinski definition) is 3. The van der Waals surface area contributed by atoms with Crippen molar-refractivity contribution in [1.29, 1.82) is 0 Å². The molecule has 0 fully saturated rings. The molecule has 0 aliphatic rings. The lowest BCUT2D eigenvalue weighted by Gasteiger charge is -2.08. The summed E-state index contributed by atoms with van der Waals surface area (Å²) in [4.78, 5) is 24.2. The highest BCUT2D eigenvalue weighted by molar-refractivity contribution is 8.00. The van der Waals surface area contributed by atoms with Gasteiger partial charge in [-0.3, -0.25) is 9.59 Å². The van der Waals surface area contributed by atoms with Crippen LogP contribution in [0.15, 0.2) is 82.6 Å². The van der Waals surface area contributed by atoms with Crippen LogP contribution in [-0.2, 0) is 11.3 Å². The van der Waals surface area contributed by atoms with Crippen LogP contribution >= 0.6 is 11.8 Å². The molecule has 0 aliphatic heterocycles. The maximum Gasteiger partial charge on any atom is 0.250 e. The number of benzene rings is 2. The molecule has 2 aromatic carbocycles. The van der Waals surface area contributed by atoms with Crippen LogP contribution in [0, 0.1) is 5.82 Å². The standard InChI is InChI=1S/C20H17FN2O2S/c21-17-5-1-2-6-18(17)26-14-19(24)22-16-10-8-15(9-11-16)13-23-12-4-3-7-20(23)25/h1-12H,13-14H2,(H,22,24). The zero-order chi connectivity index (χ0) is 18.4. The Labute approximate surface area is 154 Å². The SMILES string of the molecule is O=C(CSc1ccccc1F)Nc1ccc(Cn2ccccc2=O)cc1. The number of amides is 1. The maximum absolute atomic E-state index is 13.5. The topological polar surface area (TPSA) is 51.1 Å². The average Bonchev–Trinajstić information content (AvgIpc) is 2.64. The van der Waals surface area contributed by atoms with Crippen LogP contribution in [0.1, 0.15) is 5.56 Å². The molecule has 1 N–H and O–H groups in total. The van der Waals surface area contributed by atoms with Gasteiger partial charge in [0.15, 0.2) is 0 Å². The summed E-state index contributed by atoms with van der Waals surface area (Å²) in [7, 11) is 0. The molecular weight excluding hydrogens is 351 g/mol. The Morgan fingerprint density at radius 3 is 2.46 bits per heavy atom. The number of pyridine rings is 1. The Morgan fingerprint density at radius 2 is 1.73 bits per heavy atom. The van der Waals surface area contributed by atoms with Gasteiger partial charge >= 0.3 is 0 Å². The van der Waals surface area contributed by atoms with Crippen molar-refractivity contribution in [2.75, 3.05) is 11.1 Å². The molecule has 0 spiro atoms. The van der Waals surface area contributed by atoms with E-state index in [2.05, 4.69) is 5.32 Å². The summed E-state index contributed by atoms with van der Waals surface area (Å²) < 4.78 is 15.2. The Morgan fingerprint density at radius 1 is 1.00 bits per heavy atom. The molecule has 0 unspecified atom stereocenters. The summed E-state index contributed by atoms with van der Waals surface area (Å²) in [5, 5.41) is 2.78. The molecule has 3 rings (SSSR count). The first kappa shape index (κ1) is 17.9. The lowest BCUT2D eigenvalue weighted by atomic mass is 10.2. The predicted octanol–water partition coefficient (Wildman–Crippen LogP) is 3.77. The van der Waals surface area contributed by atoms with Crippen LogP contribution in [0.5, 0.6) is 0 Å². The van der Waals surface area contributed by atoms with E-state index >= 15 is 0 Å². The molecule has 0 radical (unpaired) electrons. The van der Waals surface area contributed by atoms with E-state index < -0.39 is 0 Å². The van der Waals surface area contributed by atoms with Gasteiger partial charge in [-0.25, -0.2) is 4.39 Å². The average molecular weight is 368 g/mol. The van der Waals surface area contributed by atoms with E-state index in [1.165, 1.54) is 12.1 Å². The second kappa shape index (κ2) is 8.49. The zero-order valence-electron chi connectivity index (χ0n) is 13.9. The van der Waals surface area contributed by atoms with Gasteiger partial charge in [0.25, 0.3) is 5.56 Å². The van der Waals surface area contributed by atoms with E-state index in [4.69, 9.17) is 0 Å². The first-order valence-electron chi connectivity index (χ1n) is 8.03. The maximum atomic E-state index is 13.5. The summed E-state index contributed by atoms with van der Waals surface area (Å²) in [6, 6.07) is 18.7. The Kier molecular flexibility index (Phi) is 5.86. The van der Waals surface area contributed by atoms with Crippen molar-refractivity contribution in [2.45, 2.75) is 11.4 Å². The minimum Gasteiger partial charge on any atom is -0.325 e. The lowest BCUT2D eigenvalue weighted by Crippen LogP contribution is -2.18. The van der Waals surface area contributed by atoms with Gasteiger partial charge in [0, 0.05) is 22.8 Å². The van der Waals surface area contributed by atoms with Gasteiger partial charge in [-0.15, -0.1) is 11.8 Å². The van der Waals surface area contributed by atoms with Gasteiger partial charge in [-0.2, -0.15) is 0 Å². The largest absolute Gasteiger partial charge is 0.325 e. The summed E-state index contributed by atoms with van der Waals surface area (Å²) in [5.74, 6) is -0.404.